The van der Waals surface area contributed by atoms with Gasteiger partial charge in [0.2, 0.25) is 0 Å². The van der Waals surface area contributed by atoms with E-state index < -0.39 is 0 Å². The highest BCUT2D eigenvalue weighted by atomic mass is 19.1. The zero-order valence-corrected chi connectivity index (χ0v) is 11.4. The van der Waals surface area contributed by atoms with E-state index in [1.165, 1.54) is 12.1 Å². The second-order valence-electron chi connectivity index (χ2n) is 4.72. The third-order valence-electron chi connectivity index (χ3n) is 3.29. The number of benzene rings is 2. The van der Waals surface area contributed by atoms with E-state index in [1.807, 2.05) is 32.0 Å². The average molecular weight is 259 g/mol. The fraction of sp³-hybridized carbons (Fsp3) is 0.250. The Balaban J connectivity index is 2.46. The summed E-state index contributed by atoms with van der Waals surface area (Å²) < 4.78 is 18.5. The molecule has 0 aliphatic heterocycles. The molecule has 2 aromatic carbocycles. The molecular weight excluding hydrogens is 241 g/mol. The second-order valence-corrected chi connectivity index (χ2v) is 4.72. The first kappa shape index (κ1) is 13.6. The number of hydrogen-bond acceptors (Lipinski definition) is 2. The van der Waals surface area contributed by atoms with Gasteiger partial charge in [-0.2, -0.15) is 0 Å². The summed E-state index contributed by atoms with van der Waals surface area (Å²) >= 11 is 0. The van der Waals surface area contributed by atoms with Crippen molar-refractivity contribution in [2.45, 2.75) is 19.9 Å². The molecule has 0 bridgehead atoms. The molecule has 0 saturated carbocycles. The molecule has 0 radical (unpaired) electrons. The number of aryl methyl sites for hydroxylation is 2. The van der Waals surface area contributed by atoms with Gasteiger partial charge in [-0.15, -0.1) is 0 Å². The maximum absolute atomic E-state index is 13.1. The average Bonchev–Trinajstić information content (AvgIpc) is 2.37. The normalized spacial score (nSPS) is 12.3. The Morgan fingerprint density at radius 1 is 1.05 bits per heavy atom. The van der Waals surface area contributed by atoms with Crippen LogP contribution in [-0.2, 0) is 0 Å². The van der Waals surface area contributed by atoms with Crippen LogP contribution in [0.15, 0.2) is 36.4 Å². The summed E-state index contributed by atoms with van der Waals surface area (Å²) in [6.07, 6.45) is 0. The molecule has 2 rings (SSSR count). The quantitative estimate of drug-likeness (QED) is 0.915. The van der Waals surface area contributed by atoms with Crippen LogP contribution in [0.5, 0.6) is 5.75 Å². The predicted molar refractivity (Wildman–Crippen MR) is 74.9 cm³/mol. The van der Waals surface area contributed by atoms with Gasteiger partial charge in [-0.1, -0.05) is 18.2 Å². The Labute approximate surface area is 113 Å². The molecule has 0 fully saturated rings. The minimum absolute atomic E-state index is 0.246. The molecule has 0 aliphatic carbocycles. The summed E-state index contributed by atoms with van der Waals surface area (Å²) in [5, 5.41) is 0. The van der Waals surface area contributed by atoms with E-state index in [0.717, 1.165) is 28.0 Å². The zero-order chi connectivity index (χ0) is 14.0. The van der Waals surface area contributed by atoms with Gasteiger partial charge in [0.05, 0.1) is 13.2 Å². The standard InChI is InChI=1S/C16H18FNO/c1-10-4-6-14(15(8-10)19-3)16(18)13-7-5-12(17)9-11(13)2/h4-9,16H,18H2,1-3H3. The zero-order valence-electron chi connectivity index (χ0n) is 11.4. The van der Waals surface area contributed by atoms with Gasteiger partial charge in [0, 0.05) is 5.56 Å². The molecule has 0 saturated heterocycles. The Hall–Kier alpha value is -1.87. The van der Waals surface area contributed by atoms with E-state index in [1.54, 1.807) is 13.2 Å². The van der Waals surface area contributed by atoms with Crippen molar-refractivity contribution in [3.05, 3.63) is 64.5 Å². The van der Waals surface area contributed by atoms with Gasteiger partial charge in [-0.3, -0.25) is 0 Å². The molecule has 100 valence electrons. The summed E-state index contributed by atoms with van der Waals surface area (Å²) in [6, 6.07) is 10.2. The van der Waals surface area contributed by atoms with Crippen molar-refractivity contribution in [1.29, 1.82) is 0 Å². The van der Waals surface area contributed by atoms with Crippen molar-refractivity contribution >= 4 is 0 Å². The van der Waals surface area contributed by atoms with Crippen LogP contribution in [0.2, 0.25) is 0 Å². The van der Waals surface area contributed by atoms with Crippen LogP contribution in [0.3, 0.4) is 0 Å². The van der Waals surface area contributed by atoms with Crippen molar-refractivity contribution in [3.8, 4) is 5.75 Å². The van der Waals surface area contributed by atoms with E-state index in [2.05, 4.69) is 0 Å². The minimum Gasteiger partial charge on any atom is -0.496 e. The van der Waals surface area contributed by atoms with Crippen LogP contribution in [0.1, 0.15) is 28.3 Å². The van der Waals surface area contributed by atoms with E-state index in [0.29, 0.717) is 0 Å². The topological polar surface area (TPSA) is 35.2 Å². The summed E-state index contributed by atoms with van der Waals surface area (Å²) in [5.74, 6) is 0.514. The van der Waals surface area contributed by atoms with E-state index in [9.17, 15) is 4.39 Å². The van der Waals surface area contributed by atoms with Crippen molar-refractivity contribution in [2.75, 3.05) is 7.11 Å². The van der Waals surface area contributed by atoms with Crippen LogP contribution < -0.4 is 10.5 Å². The monoisotopic (exact) mass is 259 g/mol. The van der Waals surface area contributed by atoms with Crippen LogP contribution in [0, 0.1) is 19.7 Å². The third-order valence-corrected chi connectivity index (χ3v) is 3.29. The summed E-state index contributed by atoms with van der Waals surface area (Å²) in [7, 11) is 1.63. The Morgan fingerprint density at radius 2 is 1.74 bits per heavy atom. The molecule has 2 aromatic rings. The molecule has 2 N–H and O–H groups in total. The number of hydrogen-bond donors (Lipinski definition) is 1. The minimum atomic E-state index is -0.323. The molecule has 1 atom stereocenters. The lowest BCUT2D eigenvalue weighted by molar-refractivity contribution is 0.407. The summed E-state index contributed by atoms with van der Waals surface area (Å²) in [5.41, 5.74) is 10.1. The van der Waals surface area contributed by atoms with Crippen molar-refractivity contribution < 1.29 is 9.13 Å². The van der Waals surface area contributed by atoms with E-state index >= 15 is 0 Å². The van der Waals surface area contributed by atoms with Crippen molar-refractivity contribution in [3.63, 3.8) is 0 Å². The SMILES string of the molecule is COc1cc(C)ccc1C(N)c1ccc(F)cc1C. The largest absolute Gasteiger partial charge is 0.496 e. The second kappa shape index (κ2) is 5.41. The van der Waals surface area contributed by atoms with Gasteiger partial charge in [0.15, 0.2) is 0 Å². The fourth-order valence-corrected chi connectivity index (χ4v) is 2.23. The van der Waals surface area contributed by atoms with E-state index in [-0.39, 0.29) is 11.9 Å². The number of ether oxygens (including phenoxy) is 1. The molecule has 19 heavy (non-hydrogen) atoms. The Bertz CT molecular complexity index is 595. The fourth-order valence-electron chi connectivity index (χ4n) is 2.23. The van der Waals surface area contributed by atoms with Gasteiger partial charge >= 0.3 is 0 Å². The van der Waals surface area contributed by atoms with Crippen LogP contribution in [0.25, 0.3) is 0 Å². The maximum atomic E-state index is 13.1. The predicted octanol–water partition coefficient (Wildman–Crippen LogP) is 3.50. The summed E-state index contributed by atoms with van der Waals surface area (Å²) in [4.78, 5) is 0. The number of nitrogens with two attached hydrogens (primary N) is 1. The summed E-state index contributed by atoms with van der Waals surface area (Å²) in [6.45, 7) is 3.86. The third kappa shape index (κ3) is 2.76. The van der Waals surface area contributed by atoms with Gasteiger partial charge in [-0.05, 0) is 48.7 Å². The Kier molecular flexibility index (Phi) is 3.86. The highest BCUT2D eigenvalue weighted by Crippen LogP contribution is 2.30. The number of halogens is 1. The number of methoxy groups -OCH3 is 1. The molecular formula is C16H18FNO. The lowest BCUT2D eigenvalue weighted by atomic mass is 9.94. The van der Waals surface area contributed by atoms with Gasteiger partial charge in [-0.25, -0.2) is 4.39 Å². The van der Waals surface area contributed by atoms with Gasteiger partial charge in [0.25, 0.3) is 0 Å². The Morgan fingerprint density at radius 3 is 2.37 bits per heavy atom. The first-order chi connectivity index (χ1) is 9.02. The van der Waals surface area contributed by atoms with Gasteiger partial charge in [0.1, 0.15) is 11.6 Å². The molecule has 0 aliphatic rings. The smallest absolute Gasteiger partial charge is 0.124 e. The molecule has 1 unspecified atom stereocenters. The van der Waals surface area contributed by atoms with Crippen molar-refractivity contribution in [2.24, 2.45) is 5.73 Å². The lowest BCUT2D eigenvalue weighted by Crippen LogP contribution is -2.14. The molecule has 3 heteroatoms. The first-order valence-corrected chi connectivity index (χ1v) is 6.19. The molecule has 2 nitrogen and oxygen atoms in total. The number of rotatable bonds is 3. The van der Waals surface area contributed by atoms with Crippen LogP contribution in [-0.4, -0.2) is 7.11 Å². The van der Waals surface area contributed by atoms with Crippen LogP contribution >= 0.6 is 0 Å². The first-order valence-electron chi connectivity index (χ1n) is 6.19. The van der Waals surface area contributed by atoms with Gasteiger partial charge < -0.3 is 10.5 Å². The highest BCUT2D eigenvalue weighted by Gasteiger charge is 2.16. The lowest BCUT2D eigenvalue weighted by Gasteiger charge is -2.18. The molecule has 0 aromatic heterocycles. The highest BCUT2D eigenvalue weighted by molar-refractivity contribution is 5.45. The molecule has 0 spiro atoms. The van der Waals surface area contributed by atoms with Crippen LogP contribution in [0.4, 0.5) is 4.39 Å². The maximum Gasteiger partial charge on any atom is 0.124 e. The molecule has 0 heterocycles. The van der Waals surface area contributed by atoms with Crippen molar-refractivity contribution in [1.82, 2.24) is 0 Å². The molecule has 0 amide bonds. The van der Waals surface area contributed by atoms with E-state index in [4.69, 9.17) is 10.5 Å².